The Morgan fingerprint density at radius 1 is 1.53 bits per heavy atom. The Labute approximate surface area is 98.5 Å². The summed E-state index contributed by atoms with van der Waals surface area (Å²) in [7, 11) is 1.56. The predicted octanol–water partition coefficient (Wildman–Crippen LogP) is -0.0159. The minimum Gasteiger partial charge on any atom is -0.476 e. The molecule has 0 fully saturated rings. The van der Waals surface area contributed by atoms with E-state index in [9.17, 15) is 4.79 Å². The molecule has 7 heteroatoms. The van der Waals surface area contributed by atoms with Crippen molar-refractivity contribution >= 4 is 11.8 Å². The van der Waals surface area contributed by atoms with Crippen LogP contribution >= 0.6 is 0 Å². The van der Waals surface area contributed by atoms with Crippen molar-refractivity contribution < 1.29 is 19.7 Å². The number of carbonyl (C=O) groups is 1. The van der Waals surface area contributed by atoms with Crippen LogP contribution in [0, 0.1) is 0 Å². The van der Waals surface area contributed by atoms with Crippen molar-refractivity contribution in [2.24, 2.45) is 0 Å². The summed E-state index contributed by atoms with van der Waals surface area (Å²) >= 11 is 0. The molecule has 94 valence electrons. The summed E-state index contributed by atoms with van der Waals surface area (Å²) in [6, 6.07) is -0.0880. The Morgan fingerprint density at radius 2 is 2.29 bits per heavy atom. The standard InChI is InChI=1S/C10H15N3O4/c1-17-6-7(2-3-14)13-9-5-11-8(4-12-9)10(15)16/h4-5,7,14H,2-3,6H2,1H3,(H,12,13)(H,15,16). The second kappa shape index (κ2) is 6.77. The van der Waals surface area contributed by atoms with E-state index < -0.39 is 5.97 Å². The Morgan fingerprint density at radius 3 is 2.76 bits per heavy atom. The lowest BCUT2D eigenvalue weighted by Crippen LogP contribution is -2.26. The third-order valence-corrected chi connectivity index (χ3v) is 2.07. The Kier molecular flexibility index (Phi) is 5.31. The molecule has 3 N–H and O–H groups in total. The average Bonchev–Trinajstić information content (AvgIpc) is 2.30. The van der Waals surface area contributed by atoms with Crippen molar-refractivity contribution in [1.29, 1.82) is 0 Å². The molecule has 0 saturated carbocycles. The van der Waals surface area contributed by atoms with E-state index in [4.69, 9.17) is 14.9 Å². The van der Waals surface area contributed by atoms with Gasteiger partial charge in [-0.1, -0.05) is 0 Å². The van der Waals surface area contributed by atoms with Crippen molar-refractivity contribution in [1.82, 2.24) is 9.97 Å². The van der Waals surface area contributed by atoms with Gasteiger partial charge in [-0.2, -0.15) is 0 Å². The summed E-state index contributed by atoms with van der Waals surface area (Å²) in [5.41, 5.74) is -0.110. The molecule has 1 unspecified atom stereocenters. The number of nitrogens with one attached hydrogen (secondary N) is 1. The van der Waals surface area contributed by atoms with Gasteiger partial charge in [0.1, 0.15) is 5.82 Å². The van der Waals surface area contributed by atoms with Gasteiger partial charge in [0.15, 0.2) is 5.69 Å². The molecule has 1 heterocycles. The number of aromatic carboxylic acids is 1. The van der Waals surface area contributed by atoms with E-state index in [0.29, 0.717) is 18.8 Å². The van der Waals surface area contributed by atoms with Crippen LogP contribution in [0.2, 0.25) is 0 Å². The first-order valence-corrected chi connectivity index (χ1v) is 5.09. The molecule has 0 aliphatic rings. The van der Waals surface area contributed by atoms with E-state index in [0.717, 1.165) is 0 Å². The van der Waals surface area contributed by atoms with Crippen molar-refractivity contribution in [3.63, 3.8) is 0 Å². The molecule has 0 aliphatic heterocycles. The summed E-state index contributed by atoms with van der Waals surface area (Å²) < 4.78 is 4.97. The van der Waals surface area contributed by atoms with Crippen LogP contribution in [0.5, 0.6) is 0 Å². The van der Waals surface area contributed by atoms with Crippen LogP contribution in [-0.4, -0.2) is 52.5 Å². The largest absolute Gasteiger partial charge is 0.476 e. The highest BCUT2D eigenvalue weighted by Gasteiger charge is 2.10. The molecular formula is C10H15N3O4. The first kappa shape index (κ1) is 13.3. The molecule has 0 spiro atoms. The molecule has 0 radical (unpaired) electrons. The zero-order valence-electron chi connectivity index (χ0n) is 9.46. The Hall–Kier alpha value is -1.73. The summed E-state index contributed by atoms with van der Waals surface area (Å²) in [4.78, 5) is 18.2. The van der Waals surface area contributed by atoms with E-state index in [2.05, 4.69) is 15.3 Å². The third kappa shape index (κ3) is 4.33. The lowest BCUT2D eigenvalue weighted by molar-refractivity contribution is 0.0690. The average molecular weight is 241 g/mol. The normalized spacial score (nSPS) is 12.1. The molecule has 0 aromatic carbocycles. The van der Waals surface area contributed by atoms with Crippen molar-refractivity contribution in [2.75, 3.05) is 25.6 Å². The number of ether oxygens (including phenoxy) is 1. The van der Waals surface area contributed by atoms with Gasteiger partial charge in [0.25, 0.3) is 0 Å². The number of aliphatic hydroxyl groups excluding tert-OH is 1. The fraction of sp³-hybridized carbons (Fsp3) is 0.500. The molecule has 1 atom stereocenters. The summed E-state index contributed by atoms with van der Waals surface area (Å²) in [5.74, 6) is -0.668. The summed E-state index contributed by atoms with van der Waals surface area (Å²) in [5, 5.41) is 20.5. The van der Waals surface area contributed by atoms with Crippen molar-refractivity contribution in [3.05, 3.63) is 18.1 Å². The Balaban J connectivity index is 2.62. The number of hydrogen-bond donors (Lipinski definition) is 3. The number of aromatic nitrogens is 2. The van der Waals surface area contributed by atoms with Gasteiger partial charge in [0, 0.05) is 13.7 Å². The monoisotopic (exact) mass is 241 g/mol. The molecule has 1 aromatic rings. The number of aliphatic hydroxyl groups is 1. The van der Waals surface area contributed by atoms with Crippen LogP contribution in [0.1, 0.15) is 16.9 Å². The number of methoxy groups -OCH3 is 1. The van der Waals surface area contributed by atoms with Gasteiger partial charge < -0.3 is 20.3 Å². The van der Waals surface area contributed by atoms with Crippen molar-refractivity contribution in [3.8, 4) is 0 Å². The smallest absolute Gasteiger partial charge is 0.356 e. The highest BCUT2D eigenvalue weighted by Crippen LogP contribution is 2.05. The maximum absolute atomic E-state index is 10.6. The van der Waals surface area contributed by atoms with E-state index in [-0.39, 0.29) is 18.3 Å². The highest BCUT2D eigenvalue weighted by molar-refractivity contribution is 5.84. The topological polar surface area (TPSA) is 105 Å². The van der Waals surface area contributed by atoms with Gasteiger partial charge in [-0.3, -0.25) is 0 Å². The van der Waals surface area contributed by atoms with Gasteiger partial charge in [-0.15, -0.1) is 0 Å². The van der Waals surface area contributed by atoms with Crippen molar-refractivity contribution in [2.45, 2.75) is 12.5 Å². The number of carboxylic acids is 1. The van der Waals surface area contributed by atoms with Crippen LogP contribution in [-0.2, 0) is 4.74 Å². The van der Waals surface area contributed by atoms with Crippen LogP contribution in [0.4, 0.5) is 5.82 Å². The van der Waals surface area contributed by atoms with Crippen LogP contribution < -0.4 is 5.32 Å². The fourth-order valence-corrected chi connectivity index (χ4v) is 1.28. The van der Waals surface area contributed by atoms with Gasteiger partial charge in [0.2, 0.25) is 0 Å². The van der Waals surface area contributed by atoms with Crippen LogP contribution in [0.25, 0.3) is 0 Å². The zero-order valence-corrected chi connectivity index (χ0v) is 9.46. The number of carboxylic acid groups (broad SMARTS) is 1. The van der Waals surface area contributed by atoms with E-state index >= 15 is 0 Å². The van der Waals surface area contributed by atoms with Gasteiger partial charge in [-0.25, -0.2) is 14.8 Å². The molecule has 1 rings (SSSR count). The lowest BCUT2D eigenvalue weighted by Gasteiger charge is -2.16. The SMILES string of the molecule is COCC(CCO)Nc1cnc(C(=O)O)cn1. The second-order valence-electron chi connectivity index (χ2n) is 3.40. The molecule has 0 saturated heterocycles. The second-order valence-corrected chi connectivity index (χ2v) is 3.40. The fourth-order valence-electron chi connectivity index (χ4n) is 1.28. The minimum absolute atomic E-state index is 0.0294. The Bertz CT molecular complexity index is 349. The first-order chi connectivity index (χ1) is 8.17. The quantitative estimate of drug-likeness (QED) is 0.616. The third-order valence-electron chi connectivity index (χ3n) is 2.07. The number of rotatable bonds is 7. The van der Waals surface area contributed by atoms with E-state index in [1.54, 1.807) is 7.11 Å². The van der Waals surface area contributed by atoms with E-state index in [1.165, 1.54) is 12.4 Å². The van der Waals surface area contributed by atoms with Gasteiger partial charge in [-0.05, 0) is 6.42 Å². The summed E-state index contributed by atoms with van der Waals surface area (Å²) in [6.45, 7) is 0.449. The number of nitrogens with zero attached hydrogens (tertiary/aromatic N) is 2. The maximum Gasteiger partial charge on any atom is 0.356 e. The molecule has 17 heavy (non-hydrogen) atoms. The molecule has 7 nitrogen and oxygen atoms in total. The number of hydrogen-bond acceptors (Lipinski definition) is 6. The zero-order chi connectivity index (χ0) is 12.7. The molecule has 1 aromatic heterocycles. The summed E-state index contributed by atoms with van der Waals surface area (Å²) in [6.07, 6.45) is 3.02. The number of anilines is 1. The maximum atomic E-state index is 10.6. The molecule has 0 bridgehead atoms. The van der Waals surface area contributed by atoms with Gasteiger partial charge >= 0.3 is 5.97 Å². The van der Waals surface area contributed by atoms with E-state index in [1.807, 2.05) is 0 Å². The lowest BCUT2D eigenvalue weighted by atomic mass is 10.2. The van der Waals surface area contributed by atoms with Gasteiger partial charge in [0.05, 0.1) is 25.0 Å². The minimum atomic E-state index is -1.12. The van der Waals surface area contributed by atoms with Crippen LogP contribution in [0.3, 0.4) is 0 Å². The predicted molar refractivity (Wildman–Crippen MR) is 60.0 cm³/mol. The van der Waals surface area contributed by atoms with Crippen LogP contribution in [0.15, 0.2) is 12.4 Å². The molecule has 0 amide bonds. The molecule has 0 aliphatic carbocycles. The molecular weight excluding hydrogens is 226 g/mol. The highest BCUT2D eigenvalue weighted by atomic mass is 16.5. The first-order valence-electron chi connectivity index (χ1n) is 5.09.